The first-order chi connectivity index (χ1) is 7.80. The molecule has 0 aliphatic rings. The number of nitrogens with zero attached hydrogens (tertiary/aromatic N) is 1. The third-order valence-corrected chi connectivity index (χ3v) is 1.58. The van der Waals surface area contributed by atoms with E-state index in [9.17, 15) is 9.59 Å². The monoisotopic (exact) mass is 261 g/mol. The van der Waals surface area contributed by atoms with Gasteiger partial charge in [0.1, 0.15) is 12.1 Å². The maximum atomic E-state index is 11.7. The molecule has 0 aliphatic heterocycles. The number of carbonyl (C=O) groups excluding carboxylic acids is 2. The topological polar surface area (TPSA) is 55.8 Å². The van der Waals surface area contributed by atoms with Crippen molar-refractivity contribution in [3.63, 3.8) is 0 Å². The van der Waals surface area contributed by atoms with Gasteiger partial charge in [0.25, 0.3) is 0 Å². The number of amides is 1. The van der Waals surface area contributed by atoms with Crippen LogP contribution in [0.2, 0.25) is 0 Å². The Morgan fingerprint density at radius 2 is 2.00 bits per heavy atom. The summed E-state index contributed by atoms with van der Waals surface area (Å²) in [7, 11) is 0. The van der Waals surface area contributed by atoms with Gasteiger partial charge in [-0.05, 0) is 20.8 Å². The van der Waals surface area contributed by atoms with Crippen molar-refractivity contribution in [3.8, 4) is 12.3 Å². The molecule has 0 aromatic carbocycles. The molecular formula is C11H16ClNO4. The lowest BCUT2D eigenvalue weighted by molar-refractivity contribution is -0.142. The van der Waals surface area contributed by atoms with Gasteiger partial charge in [0.05, 0.1) is 6.54 Å². The number of hydrogen-bond acceptors (Lipinski definition) is 4. The molecule has 1 amide bonds. The molecular weight excluding hydrogens is 246 g/mol. The fraction of sp³-hybridized carbons (Fsp3) is 0.636. The van der Waals surface area contributed by atoms with E-state index in [0.717, 1.165) is 4.90 Å². The van der Waals surface area contributed by atoms with Gasteiger partial charge in [-0.1, -0.05) is 17.5 Å². The molecule has 17 heavy (non-hydrogen) atoms. The lowest BCUT2D eigenvalue weighted by Gasteiger charge is -2.25. The quantitative estimate of drug-likeness (QED) is 0.438. The van der Waals surface area contributed by atoms with Gasteiger partial charge in [-0.2, -0.15) is 0 Å². The van der Waals surface area contributed by atoms with E-state index in [2.05, 4.69) is 10.7 Å². The van der Waals surface area contributed by atoms with E-state index in [-0.39, 0.29) is 19.2 Å². The zero-order chi connectivity index (χ0) is 13.5. The van der Waals surface area contributed by atoms with E-state index >= 15 is 0 Å². The van der Waals surface area contributed by atoms with Crippen molar-refractivity contribution in [1.29, 1.82) is 0 Å². The van der Waals surface area contributed by atoms with E-state index in [4.69, 9.17) is 22.8 Å². The molecule has 0 rings (SSSR count). The summed E-state index contributed by atoms with van der Waals surface area (Å²) in [6.45, 7) is 4.83. The fourth-order valence-corrected chi connectivity index (χ4v) is 1.01. The minimum atomic E-state index is -0.665. The molecule has 0 fully saturated rings. The van der Waals surface area contributed by atoms with Crippen LogP contribution in [0.3, 0.4) is 0 Å². The standard InChI is InChI=1S/C11H16ClNO4/c1-5-6-13(7-9(14)16-8-12)10(15)17-11(2,3)4/h1H,6-8H2,2-4H3. The Morgan fingerprint density at radius 3 is 2.41 bits per heavy atom. The SMILES string of the molecule is C#CCN(CC(=O)OCCl)C(=O)OC(C)(C)C. The van der Waals surface area contributed by atoms with E-state index in [1.807, 2.05) is 0 Å². The summed E-state index contributed by atoms with van der Waals surface area (Å²) in [4.78, 5) is 23.9. The third-order valence-electron chi connectivity index (χ3n) is 1.47. The van der Waals surface area contributed by atoms with Gasteiger partial charge < -0.3 is 9.47 Å². The van der Waals surface area contributed by atoms with Gasteiger partial charge >= 0.3 is 12.1 Å². The van der Waals surface area contributed by atoms with Gasteiger partial charge in [-0.15, -0.1) is 6.42 Å². The van der Waals surface area contributed by atoms with Crippen molar-refractivity contribution in [3.05, 3.63) is 0 Å². The van der Waals surface area contributed by atoms with Gasteiger partial charge in [0, 0.05) is 0 Å². The van der Waals surface area contributed by atoms with Crippen LogP contribution in [-0.2, 0) is 14.3 Å². The highest BCUT2D eigenvalue weighted by atomic mass is 35.5. The van der Waals surface area contributed by atoms with Crippen LogP contribution in [0.5, 0.6) is 0 Å². The van der Waals surface area contributed by atoms with Crippen molar-refractivity contribution in [2.75, 3.05) is 19.2 Å². The number of ether oxygens (including phenoxy) is 2. The molecule has 0 heterocycles. The van der Waals surface area contributed by atoms with Gasteiger partial charge in [0.15, 0.2) is 6.07 Å². The summed E-state index contributed by atoms with van der Waals surface area (Å²) in [6, 6.07) is -0.267. The summed E-state index contributed by atoms with van der Waals surface area (Å²) in [5.74, 6) is 1.63. The van der Waals surface area contributed by atoms with Gasteiger partial charge in [-0.3, -0.25) is 9.69 Å². The Bertz CT molecular complexity index is 316. The van der Waals surface area contributed by atoms with Crippen LogP contribution in [-0.4, -0.2) is 41.7 Å². The van der Waals surface area contributed by atoms with E-state index in [0.29, 0.717) is 0 Å². The zero-order valence-electron chi connectivity index (χ0n) is 10.2. The van der Waals surface area contributed by atoms with Gasteiger partial charge in [-0.25, -0.2) is 4.79 Å². The molecule has 0 N–H and O–H groups in total. The van der Waals surface area contributed by atoms with Crippen molar-refractivity contribution < 1.29 is 19.1 Å². The molecule has 6 heteroatoms. The van der Waals surface area contributed by atoms with E-state index in [1.165, 1.54) is 0 Å². The summed E-state index contributed by atoms with van der Waals surface area (Å²) in [6.07, 6.45) is 4.44. The van der Waals surface area contributed by atoms with E-state index in [1.54, 1.807) is 20.8 Å². The summed E-state index contributed by atoms with van der Waals surface area (Å²) in [5.41, 5.74) is -0.652. The van der Waals surface area contributed by atoms with Crippen LogP contribution in [0, 0.1) is 12.3 Å². The molecule has 0 aromatic rings. The minimum Gasteiger partial charge on any atom is -0.448 e. The van der Waals surface area contributed by atoms with Crippen molar-refractivity contribution in [1.82, 2.24) is 4.90 Å². The van der Waals surface area contributed by atoms with Crippen molar-refractivity contribution in [2.24, 2.45) is 0 Å². The Morgan fingerprint density at radius 1 is 1.41 bits per heavy atom. The number of alkyl halides is 1. The second-order valence-electron chi connectivity index (χ2n) is 4.17. The Hall–Kier alpha value is -1.41. The average molecular weight is 262 g/mol. The van der Waals surface area contributed by atoms with Gasteiger partial charge in [0.2, 0.25) is 0 Å². The molecule has 0 atom stereocenters. The highest BCUT2D eigenvalue weighted by Crippen LogP contribution is 2.09. The molecule has 5 nitrogen and oxygen atoms in total. The first-order valence-corrected chi connectivity index (χ1v) is 5.46. The molecule has 0 saturated carbocycles. The van der Waals surface area contributed by atoms with Crippen LogP contribution in [0.1, 0.15) is 20.8 Å². The molecule has 0 aromatic heterocycles. The van der Waals surface area contributed by atoms with Crippen LogP contribution >= 0.6 is 11.6 Å². The van der Waals surface area contributed by atoms with Crippen LogP contribution in [0.4, 0.5) is 4.79 Å². The van der Waals surface area contributed by atoms with Crippen molar-refractivity contribution >= 4 is 23.7 Å². The lowest BCUT2D eigenvalue weighted by Crippen LogP contribution is -2.40. The smallest absolute Gasteiger partial charge is 0.411 e. The predicted octanol–water partition coefficient (Wildman–Crippen LogP) is 1.60. The minimum absolute atomic E-state index is 0.0354. The third kappa shape index (κ3) is 7.47. The first kappa shape index (κ1) is 15.6. The second kappa shape index (κ2) is 7.02. The largest absolute Gasteiger partial charge is 0.448 e. The second-order valence-corrected chi connectivity index (χ2v) is 4.38. The normalized spacial score (nSPS) is 10.3. The molecule has 0 radical (unpaired) electrons. The summed E-state index contributed by atoms with van der Waals surface area (Å²) in [5, 5.41) is 0. The number of rotatable bonds is 4. The molecule has 0 spiro atoms. The number of esters is 1. The number of carbonyl (C=O) groups is 2. The highest BCUT2D eigenvalue weighted by Gasteiger charge is 2.23. The molecule has 0 saturated heterocycles. The van der Waals surface area contributed by atoms with Crippen molar-refractivity contribution in [2.45, 2.75) is 26.4 Å². The number of halogens is 1. The maximum absolute atomic E-state index is 11.7. The highest BCUT2D eigenvalue weighted by molar-refractivity contribution is 6.17. The summed E-state index contributed by atoms with van der Waals surface area (Å²) >= 11 is 5.22. The predicted molar refractivity (Wildman–Crippen MR) is 63.5 cm³/mol. The molecule has 0 aliphatic carbocycles. The average Bonchev–Trinajstić information content (AvgIpc) is 2.14. The summed E-state index contributed by atoms with van der Waals surface area (Å²) < 4.78 is 9.59. The Labute approximate surface area is 106 Å². The molecule has 0 unspecified atom stereocenters. The number of terminal acetylenes is 1. The Balaban J connectivity index is 4.47. The maximum Gasteiger partial charge on any atom is 0.411 e. The van der Waals surface area contributed by atoms with Crippen LogP contribution < -0.4 is 0 Å². The van der Waals surface area contributed by atoms with E-state index < -0.39 is 17.7 Å². The lowest BCUT2D eigenvalue weighted by atomic mass is 10.2. The fourth-order valence-electron chi connectivity index (χ4n) is 0.884. The Kier molecular flexibility index (Phi) is 6.44. The first-order valence-electron chi connectivity index (χ1n) is 4.93. The van der Waals surface area contributed by atoms with Crippen LogP contribution in [0.15, 0.2) is 0 Å². The number of hydrogen-bond donors (Lipinski definition) is 0. The molecule has 96 valence electrons. The van der Waals surface area contributed by atoms with Crippen LogP contribution in [0.25, 0.3) is 0 Å². The molecule has 0 bridgehead atoms. The zero-order valence-corrected chi connectivity index (χ0v) is 10.9.